The van der Waals surface area contributed by atoms with Gasteiger partial charge in [-0.25, -0.2) is 9.07 Å². The molecule has 1 N–H and O–H groups in total. The number of amides is 1. The predicted octanol–water partition coefficient (Wildman–Crippen LogP) is 3.53. The number of esters is 3. The summed E-state index contributed by atoms with van der Waals surface area (Å²) in [7, 11) is 0. The summed E-state index contributed by atoms with van der Waals surface area (Å²) in [5.74, 6) is -2.61. The Morgan fingerprint density at radius 1 is 0.976 bits per heavy atom. The van der Waals surface area contributed by atoms with Crippen LogP contribution in [0.5, 0.6) is 0 Å². The molecule has 2 aromatic carbocycles. The van der Waals surface area contributed by atoms with Gasteiger partial charge in [0.05, 0.1) is 6.20 Å². The van der Waals surface area contributed by atoms with Crippen molar-refractivity contribution in [1.29, 1.82) is 0 Å². The summed E-state index contributed by atoms with van der Waals surface area (Å²) in [6, 6.07) is 11.7. The molecule has 4 rings (SSSR count). The number of nitrogens with one attached hydrogen (secondary N) is 1. The fraction of sp³-hybridized carbons (Fsp3) is 0.357. The molecule has 0 bridgehead atoms. The molecule has 1 aromatic heterocycles. The van der Waals surface area contributed by atoms with Gasteiger partial charge in [-0.15, -0.1) is 5.10 Å². The number of aromatic nitrogens is 3. The standard InChI is InChI=1S/C28H29FN4O8S/c1-15(34)30-21-9-6-10-22(12-21)42-28-27(40-18(4)37)25(26(39-17(3)36)24(41-28)14-38-16(2)35)33-13-23(31-32-33)19-7-5-8-20(29)11-19/h5-13,24-28H,14H2,1-4H3,(H,30,34)/t24-,25+,26+,27-,28?/m1/s1. The number of hydrogen-bond acceptors (Lipinski definition) is 11. The first-order chi connectivity index (χ1) is 20.0. The SMILES string of the molecule is CC(=O)Nc1cccc(SC2O[C@H](COC(C)=O)[C@H](OC(C)=O)[C@H](n3cc(-c4cccc(F)c4)nn3)[C@H]2OC(C)=O)c1. The molecule has 12 nitrogen and oxygen atoms in total. The molecule has 14 heteroatoms. The quantitative estimate of drug-likeness (QED) is 0.284. The van der Waals surface area contributed by atoms with E-state index < -0.39 is 53.5 Å². The molecule has 1 unspecified atom stereocenters. The van der Waals surface area contributed by atoms with E-state index in [2.05, 4.69) is 15.6 Å². The molecule has 0 aliphatic carbocycles. The van der Waals surface area contributed by atoms with Gasteiger partial charge >= 0.3 is 17.9 Å². The maximum absolute atomic E-state index is 13.9. The van der Waals surface area contributed by atoms with Crippen molar-refractivity contribution < 1.29 is 42.5 Å². The summed E-state index contributed by atoms with van der Waals surface area (Å²) < 4.78 is 38.2. The summed E-state index contributed by atoms with van der Waals surface area (Å²) in [6.07, 6.45) is -1.74. The number of carbonyl (C=O) groups excluding carboxylic acids is 4. The monoisotopic (exact) mass is 600 g/mol. The molecule has 3 aromatic rings. The maximum atomic E-state index is 13.9. The number of thioether (sulfide) groups is 1. The number of carbonyl (C=O) groups is 4. The van der Waals surface area contributed by atoms with Gasteiger partial charge in [-0.1, -0.05) is 35.2 Å². The summed E-state index contributed by atoms with van der Waals surface area (Å²) in [4.78, 5) is 48.5. The fourth-order valence-electron chi connectivity index (χ4n) is 4.47. The van der Waals surface area contributed by atoms with Crippen molar-refractivity contribution in [2.24, 2.45) is 0 Å². The van der Waals surface area contributed by atoms with Crippen LogP contribution in [0.25, 0.3) is 11.3 Å². The minimum absolute atomic E-state index is 0.255. The molecule has 0 radical (unpaired) electrons. The van der Waals surface area contributed by atoms with Crippen LogP contribution in [-0.4, -0.2) is 69.2 Å². The molecule has 5 atom stereocenters. The number of anilines is 1. The van der Waals surface area contributed by atoms with Crippen LogP contribution >= 0.6 is 11.8 Å². The van der Waals surface area contributed by atoms with Gasteiger partial charge < -0.3 is 24.3 Å². The molecule has 2 heterocycles. The second-order valence-electron chi connectivity index (χ2n) is 9.41. The minimum Gasteiger partial charge on any atom is -0.463 e. The van der Waals surface area contributed by atoms with Crippen molar-refractivity contribution in [2.75, 3.05) is 11.9 Å². The summed E-state index contributed by atoms with van der Waals surface area (Å²) in [5, 5.41) is 11.1. The van der Waals surface area contributed by atoms with Crippen molar-refractivity contribution in [3.8, 4) is 11.3 Å². The normalized spacial score (nSPS) is 21.7. The fourth-order valence-corrected chi connectivity index (χ4v) is 5.64. The molecule has 1 amide bonds. The third-order valence-electron chi connectivity index (χ3n) is 6.01. The maximum Gasteiger partial charge on any atom is 0.303 e. The average Bonchev–Trinajstić information content (AvgIpc) is 3.38. The highest BCUT2D eigenvalue weighted by atomic mass is 32.2. The van der Waals surface area contributed by atoms with Crippen molar-refractivity contribution >= 4 is 41.3 Å². The number of ether oxygens (including phenoxy) is 4. The molecule has 1 fully saturated rings. The molecule has 1 aliphatic heterocycles. The third kappa shape index (κ3) is 7.91. The Morgan fingerprint density at radius 3 is 2.36 bits per heavy atom. The molecule has 1 saturated heterocycles. The van der Waals surface area contributed by atoms with Gasteiger partial charge in [-0.3, -0.25) is 19.2 Å². The van der Waals surface area contributed by atoms with Gasteiger partial charge in [0.1, 0.15) is 35.7 Å². The molecule has 222 valence electrons. The van der Waals surface area contributed by atoms with Crippen LogP contribution in [-0.2, 0) is 38.1 Å². The zero-order valence-corrected chi connectivity index (χ0v) is 24.0. The average molecular weight is 601 g/mol. The number of rotatable bonds is 9. The zero-order chi connectivity index (χ0) is 30.4. The Kier molecular flexibility index (Phi) is 9.91. The second-order valence-corrected chi connectivity index (χ2v) is 10.6. The number of hydrogen-bond donors (Lipinski definition) is 1. The minimum atomic E-state index is -1.14. The number of nitrogens with zero attached hydrogens (tertiary/aromatic N) is 3. The molecule has 1 aliphatic rings. The highest BCUT2D eigenvalue weighted by Gasteiger charge is 2.52. The van der Waals surface area contributed by atoms with E-state index in [4.69, 9.17) is 18.9 Å². The van der Waals surface area contributed by atoms with Crippen LogP contribution in [0.15, 0.2) is 59.6 Å². The van der Waals surface area contributed by atoms with Gasteiger partial charge in [0.15, 0.2) is 12.2 Å². The van der Waals surface area contributed by atoms with E-state index >= 15 is 0 Å². The topological polar surface area (TPSA) is 148 Å². The van der Waals surface area contributed by atoms with E-state index in [0.29, 0.717) is 21.8 Å². The van der Waals surface area contributed by atoms with E-state index in [9.17, 15) is 23.6 Å². The lowest BCUT2D eigenvalue weighted by molar-refractivity contribution is -0.212. The molecule has 42 heavy (non-hydrogen) atoms. The van der Waals surface area contributed by atoms with Crippen molar-refractivity contribution in [1.82, 2.24) is 15.0 Å². The Balaban J connectivity index is 1.79. The lowest BCUT2D eigenvalue weighted by Gasteiger charge is -2.44. The highest BCUT2D eigenvalue weighted by molar-refractivity contribution is 7.99. The Morgan fingerprint density at radius 2 is 1.69 bits per heavy atom. The van der Waals surface area contributed by atoms with Crippen LogP contribution in [0.3, 0.4) is 0 Å². The summed E-state index contributed by atoms with van der Waals surface area (Å²) in [6.45, 7) is 4.75. The Bertz CT molecular complexity index is 1470. The van der Waals surface area contributed by atoms with Crippen LogP contribution < -0.4 is 5.32 Å². The van der Waals surface area contributed by atoms with Gasteiger partial charge in [-0.2, -0.15) is 0 Å². The first-order valence-corrected chi connectivity index (χ1v) is 13.7. The smallest absolute Gasteiger partial charge is 0.303 e. The Labute approximate surface area is 244 Å². The highest BCUT2D eigenvalue weighted by Crippen LogP contribution is 2.42. The summed E-state index contributed by atoms with van der Waals surface area (Å²) in [5.41, 5.74) is 0.362. The van der Waals surface area contributed by atoms with Crippen molar-refractivity contribution in [2.45, 2.75) is 62.4 Å². The molecule has 0 saturated carbocycles. The van der Waals surface area contributed by atoms with Gasteiger partial charge in [-0.05, 0) is 30.3 Å². The molecular weight excluding hydrogens is 571 g/mol. The number of benzene rings is 2. The molecule has 0 spiro atoms. The van der Waals surface area contributed by atoms with E-state index in [1.165, 1.54) is 68.5 Å². The first kappa shape index (κ1) is 30.7. The van der Waals surface area contributed by atoms with Gasteiger partial charge in [0.2, 0.25) is 5.91 Å². The van der Waals surface area contributed by atoms with Crippen molar-refractivity contribution in [3.05, 3.63) is 60.5 Å². The zero-order valence-electron chi connectivity index (χ0n) is 23.2. The lowest BCUT2D eigenvalue weighted by atomic mass is 9.96. The van der Waals surface area contributed by atoms with Crippen LogP contribution in [0.4, 0.5) is 10.1 Å². The van der Waals surface area contributed by atoms with E-state index in [0.717, 1.165) is 0 Å². The Hall–Kier alpha value is -4.30. The molecular formula is C28H29FN4O8S. The van der Waals surface area contributed by atoms with Crippen LogP contribution in [0.1, 0.15) is 33.7 Å². The number of halogens is 1. The van der Waals surface area contributed by atoms with E-state index in [1.54, 1.807) is 30.3 Å². The van der Waals surface area contributed by atoms with E-state index in [-0.39, 0.29) is 12.5 Å². The van der Waals surface area contributed by atoms with Gasteiger partial charge in [0, 0.05) is 43.8 Å². The van der Waals surface area contributed by atoms with Crippen LogP contribution in [0, 0.1) is 5.82 Å². The predicted molar refractivity (Wildman–Crippen MR) is 147 cm³/mol. The first-order valence-electron chi connectivity index (χ1n) is 12.9. The van der Waals surface area contributed by atoms with Crippen molar-refractivity contribution in [3.63, 3.8) is 0 Å². The van der Waals surface area contributed by atoms with Crippen LogP contribution in [0.2, 0.25) is 0 Å². The largest absolute Gasteiger partial charge is 0.463 e. The van der Waals surface area contributed by atoms with E-state index in [1.807, 2.05) is 0 Å². The lowest BCUT2D eigenvalue weighted by Crippen LogP contribution is -2.57. The van der Waals surface area contributed by atoms with Gasteiger partial charge in [0.25, 0.3) is 0 Å². The second kappa shape index (κ2) is 13.6. The summed E-state index contributed by atoms with van der Waals surface area (Å²) >= 11 is 1.18. The third-order valence-corrected chi connectivity index (χ3v) is 7.15.